The van der Waals surface area contributed by atoms with Crippen molar-refractivity contribution in [2.45, 2.75) is 57.0 Å². The minimum Gasteiger partial charge on any atom is -0.481 e. The van der Waals surface area contributed by atoms with Crippen LogP contribution in [0.2, 0.25) is 0 Å². The Morgan fingerprint density at radius 1 is 1.04 bits per heavy atom. The molecule has 6 nitrogen and oxygen atoms in total. The molecule has 1 heterocycles. The second kappa shape index (κ2) is 9.95. The minimum atomic E-state index is -0.712. The summed E-state index contributed by atoms with van der Waals surface area (Å²) in [5, 5.41) is 12.2. The number of nitrogens with zero attached hydrogens (tertiary/aromatic N) is 1. The lowest BCUT2D eigenvalue weighted by molar-refractivity contribution is -0.142. The first-order chi connectivity index (χ1) is 12.6. The number of urea groups is 1. The molecule has 2 fully saturated rings. The number of carboxylic acids is 1. The van der Waals surface area contributed by atoms with E-state index in [1.165, 1.54) is 5.56 Å². The molecule has 1 aromatic rings. The van der Waals surface area contributed by atoms with E-state index in [4.69, 9.17) is 10.8 Å². The fourth-order valence-electron chi connectivity index (χ4n) is 4.09. The smallest absolute Gasteiger partial charge is 0.317 e. The largest absolute Gasteiger partial charge is 0.481 e. The van der Waals surface area contributed by atoms with Gasteiger partial charge in [0, 0.05) is 25.7 Å². The van der Waals surface area contributed by atoms with Gasteiger partial charge in [-0.3, -0.25) is 4.79 Å². The first-order valence-electron chi connectivity index (χ1n) is 9.64. The number of hydrogen-bond acceptors (Lipinski definition) is 3. The molecule has 1 aliphatic heterocycles. The Morgan fingerprint density at radius 3 is 2.15 bits per heavy atom. The molecule has 2 aliphatic rings. The maximum Gasteiger partial charge on any atom is 0.317 e. The van der Waals surface area contributed by atoms with Crippen LogP contribution in [0, 0.1) is 5.92 Å². The van der Waals surface area contributed by atoms with E-state index in [0.29, 0.717) is 25.3 Å². The van der Waals surface area contributed by atoms with Crippen LogP contribution in [0.4, 0.5) is 4.79 Å². The van der Waals surface area contributed by atoms with Crippen LogP contribution in [0.1, 0.15) is 55.6 Å². The summed E-state index contributed by atoms with van der Waals surface area (Å²) in [5.74, 6) is -0.460. The first-order valence-corrected chi connectivity index (χ1v) is 9.64. The van der Waals surface area contributed by atoms with Crippen molar-refractivity contribution in [3.63, 3.8) is 0 Å². The molecule has 0 spiro atoms. The quantitative estimate of drug-likeness (QED) is 0.729. The van der Waals surface area contributed by atoms with E-state index >= 15 is 0 Å². The van der Waals surface area contributed by atoms with Crippen molar-refractivity contribution >= 4 is 24.4 Å². The molecular formula is C20H30ClN3O3. The summed E-state index contributed by atoms with van der Waals surface area (Å²) in [6.07, 6.45) is 4.77. The number of nitrogens with two attached hydrogens (primary N) is 1. The maximum atomic E-state index is 12.5. The number of aliphatic carboxylic acids is 1. The van der Waals surface area contributed by atoms with Crippen LogP contribution in [-0.4, -0.2) is 41.1 Å². The van der Waals surface area contributed by atoms with Gasteiger partial charge in [0.15, 0.2) is 0 Å². The molecule has 3 rings (SSSR count). The van der Waals surface area contributed by atoms with Crippen molar-refractivity contribution in [1.29, 1.82) is 0 Å². The third-order valence-corrected chi connectivity index (χ3v) is 5.87. The minimum absolute atomic E-state index is 0. The van der Waals surface area contributed by atoms with Crippen LogP contribution in [0.15, 0.2) is 24.3 Å². The van der Waals surface area contributed by atoms with Crippen molar-refractivity contribution in [3.8, 4) is 0 Å². The van der Waals surface area contributed by atoms with Gasteiger partial charge in [-0.15, -0.1) is 12.4 Å². The van der Waals surface area contributed by atoms with Crippen molar-refractivity contribution in [3.05, 3.63) is 35.4 Å². The molecule has 1 aliphatic carbocycles. The number of halogens is 1. The lowest BCUT2D eigenvalue weighted by Gasteiger charge is -2.34. The Labute approximate surface area is 166 Å². The number of nitrogens with one attached hydrogen (secondary N) is 1. The number of hydrogen-bond donors (Lipinski definition) is 3. The molecule has 1 aromatic carbocycles. The van der Waals surface area contributed by atoms with Gasteiger partial charge in [-0.25, -0.2) is 4.79 Å². The van der Waals surface area contributed by atoms with Crippen molar-refractivity contribution < 1.29 is 14.7 Å². The number of rotatable bonds is 4. The molecule has 0 aromatic heterocycles. The molecule has 1 saturated carbocycles. The Hall–Kier alpha value is -1.79. The van der Waals surface area contributed by atoms with Gasteiger partial charge in [0.25, 0.3) is 0 Å². The summed E-state index contributed by atoms with van der Waals surface area (Å²) in [6, 6.07) is 8.59. The van der Waals surface area contributed by atoms with Gasteiger partial charge < -0.3 is 21.1 Å². The fourth-order valence-corrected chi connectivity index (χ4v) is 4.09. The monoisotopic (exact) mass is 395 g/mol. The zero-order valence-electron chi connectivity index (χ0n) is 15.6. The van der Waals surface area contributed by atoms with E-state index in [-0.39, 0.29) is 30.4 Å². The third kappa shape index (κ3) is 5.59. The Kier molecular flexibility index (Phi) is 7.92. The van der Waals surface area contributed by atoms with Crippen molar-refractivity contribution in [2.75, 3.05) is 13.1 Å². The number of carbonyl (C=O) groups excluding carboxylic acids is 1. The average Bonchev–Trinajstić information content (AvgIpc) is 2.68. The molecule has 0 bridgehead atoms. The van der Waals surface area contributed by atoms with Crippen LogP contribution >= 0.6 is 12.4 Å². The number of benzene rings is 1. The Balaban J connectivity index is 0.00000261. The topological polar surface area (TPSA) is 95.7 Å². The molecule has 0 atom stereocenters. The summed E-state index contributed by atoms with van der Waals surface area (Å²) in [5.41, 5.74) is 8.12. The van der Waals surface area contributed by atoms with E-state index in [9.17, 15) is 9.59 Å². The van der Waals surface area contributed by atoms with E-state index in [2.05, 4.69) is 29.6 Å². The van der Waals surface area contributed by atoms with Gasteiger partial charge in [-0.05, 0) is 55.6 Å². The SMILES string of the molecule is Cl.NCc1ccc(C2CCN(C(=O)NC3CCC(C(=O)O)CC3)CC2)cc1. The molecule has 0 unspecified atom stereocenters. The van der Waals surface area contributed by atoms with Gasteiger partial charge >= 0.3 is 12.0 Å². The number of amides is 2. The summed E-state index contributed by atoms with van der Waals surface area (Å²) in [6.45, 7) is 2.09. The van der Waals surface area contributed by atoms with Crippen molar-refractivity contribution in [2.24, 2.45) is 11.7 Å². The zero-order valence-corrected chi connectivity index (χ0v) is 16.4. The predicted octanol–water partition coefficient (Wildman–Crippen LogP) is 3.10. The molecule has 150 valence electrons. The summed E-state index contributed by atoms with van der Waals surface area (Å²) >= 11 is 0. The summed E-state index contributed by atoms with van der Waals surface area (Å²) in [7, 11) is 0. The molecule has 1 saturated heterocycles. The Morgan fingerprint density at radius 2 is 1.63 bits per heavy atom. The third-order valence-electron chi connectivity index (χ3n) is 5.87. The average molecular weight is 396 g/mol. The molecule has 27 heavy (non-hydrogen) atoms. The second-order valence-electron chi connectivity index (χ2n) is 7.54. The maximum absolute atomic E-state index is 12.5. The summed E-state index contributed by atoms with van der Waals surface area (Å²) < 4.78 is 0. The van der Waals surface area contributed by atoms with Crippen LogP contribution in [0.3, 0.4) is 0 Å². The van der Waals surface area contributed by atoms with Crippen LogP contribution in [0.25, 0.3) is 0 Å². The molecule has 4 N–H and O–H groups in total. The van der Waals surface area contributed by atoms with Gasteiger partial charge in [-0.1, -0.05) is 24.3 Å². The van der Waals surface area contributed by atoms with Crippen LogP contribution in [0.5, 0.6) is 0 Å². The van der Waals surface area contributed by atoms with Gasteiger partial charge in [0.1, 0.15) is 0 Å². The lowest BCUT2D eigenvalue weighted by Crippen LogP contribution is -2.48. The lowest BCUT2D eigenvalue weighted by atomic mass is 9.86. The summed E-state index contributed by atoms with van der Waals surface area (Å²) in [4.78, 5) is 25.4. The predicted molar refractivity (Wildman–Crippen MR) is 107 cm³/mol. The number of carbonyl (C=O) groups is 2. The highest BCUT2D eigenvalue weighted by atomic mass is 35.5. The molecule has 7 heteroatoms. The standard InChI is InChI=1S/C20H29N3O3.ClH/c21-13-14-1-3-15(4-2-14)16-9-11-23(12-10-16)20(26)22-18-7-5-17(6-8-18)19(24)25;/h1-4,16-18H,5-13,21H2,(H,22,26)(H,24,25);1H. The highest BCUT2D eigenvalue weighted by Crippen LogP contribution is 2.29. The van der Waals surface area contributed by atoms with Gasteiger partial charge in [0.05, 0.1) is 5.92 Å². The number of likely N-dealkylation sites (tertiary alicyclic amines) is 1. The van der Waals surface area contributed by atoms with Gasteiger partial charge in [-0.2, -0.15) is 0 Å². The number of piperidine rings is 1. The fraction of sp³-hybridized carbons (Fsp3) is 0.600. The van der Waals surface area contributed by atoms with Crippen molar-refractivity contribution in [1.82, 2.24) is 10.2 Å². The highest BCUT2D eigenvalue weighted by Gasteiger charge is 2.29. The molecule has 2 amide bonds. The first kappa shape index (κ1) is 21.5. The van der Waals surface area contributed by atoms with Crippen LogP contribution in [-0.2, 0) is 11.3 Å². The van der Waals surface area contributed by atoms with E-state index in [0.717, 1.165) is 44.3 Å². The normalized spacial score (nSPS) is 23.4. The second-order valence-corrected chi connectivity index (χ2v) is 7.54. The number of carboxylic acid groups (broad SMARTS) is 1. The highest BCUT2D eigenvalue weighted by molar-refractivity contribution is 5.85. The van der Waals surface area contributed by atoms with Crippen LogP contribution < -0.4 is 11.1 Å². The van der Waals surface area contributed by atoms with E-state index < -0.39 is 5.97 Å². The van der Waals surface area contributed by atoms with E-state index in [1.807, 2.05) is 4.90 Å². The Bertz CT molecular complexity index is 622. The molecular weight excluding hydrogens is 366 g/mol. The van der Waals surface area contributed by atoms with Gasteiger partial charge in [0.2, 0.25) is 0 Å². The van der Waals surface area contributed by atoms with E-state index in [1.54, 1.807) is 0 Å². The zero-order chi connectivity index (χ0) is 18.5. The molecule has 0 radical (unpaired) electrons.